The number of hydrazine groups is 1. The van der Waals surface area contributed by atoms with E-state index >= 15 is 0 Å². The van der Waals surface area contributed by atoms with Crippen LogP contribution in [0.3, 0.4) is 0 Å². The van der Waals surface area contributed by atoms with Crippen LogP contribution in [0.1, 0.15) is 22.0 Å². The highest BCUT2D eigenvalue weighted by molar-refractivity contribution is 9.11. The topological polar surface area (TPSA) is 38.0 Å². The van der Waals surface area contributed by atoms with Crippen LogP contribution in [0.5, 0.6) is 0 Å². The van der Waals surface area contributed by atoms with Gasteiger partial charge in [0.2, 0.25) is 0 Å². The van der Waals surface area contributed by atoms with E-state index in [9.17, 15) is 0 Å². The molecule has 0 saturated carbocycles. The van der Waals surface area contributed by atoms with Crippen LogP contribution < -0.4 is 11.3 Å². The van der Waals surface area contributed by atoms with E-state index in [2.05, 4.69) is 64.0 Å². The second-order valence-corrected chi connectivity index (χ2v) is 8.10. The van der Waals surface area contributed by atoms with Crippen LogP contribution in [-0.2, 0) is 6.42 Å². The summed E-state index contributed by atoms with van der Waals surface area (Å²) in [7, 11) is 0. The molecule has 0 aliphatic rings. The number of hydrogen-bond donors (Lipinski definition) is 2. The van der Waals surface area contributed by atoms with E-state index in [0.29, 0.717) is 0 Å². The normalized spacial score (nSPS) is 12.9. The molecule has 0 fully saturated rings. The van der Waals surface area contributed by atoms with Crippen LogP contribution in [0.15, 0.2) is 39.5 Å². The number of aryl methyl sites for hydroxylation is 1. The van der Waals surface area contributed by atoms with Crippen molar-refractivity contribution in [2.75, 3.05) is 0 Å². The van der Waals surface area contributed by atoms with Gasteiger partial charge in [-0.05, 0) is 63.3 Å². The first-order valence-corrected chi connectivity index (χ1v) is 8.85. The van der Waals surface area contributed by atoms with Gasteiger partial charge in [0.25, 0.3) is 0 Å². The van der Waals surface area contributed by atoms with Gasteiger partial charge >= 0.3 is 0 Å². The number of thiophene rings is 2. The summed E-state index contributed by atoms with van der Waals surface area (Å²) in [6.07, 6.45) is 0.910. The van der Waals surface area contributed by atoms with E-state index < -0.39 is 0 Å². The third kappa shape index (κ3) is 2.69. The Labute approximate surface area is 134 Å². The highest BCUT2D eigenvalue weighted by Crippen LogP contribution is 2.34. The monoisotopic (exact) mass is 366 g/mol. The molecule has 1 atom stereocenters. The Hall–Kier alpha value is -0.720. The van der Waals surface area contributed by atoms with Gasteiger partial charge in [-0.3, -0.25) is 11.3 Å². The second-order valence-electron chi connectivity index (χ2n) is 4.79. The first kappa shape index (κ1) is 14.2. The second kappa shape index (κ2) is 5.95. The quantitative estimate of drug-likeness (QED) is 0.514. The lowest BCUT2D eigenvalue weighted by Gasteiger charge is -2.13. The van der Waals surface area contributed by atoms with Crippen molar-refractivity contribution >= 4 is 48.7 Å². The van der Waals surface area contributed by atoms with Crippen LogP contribution in [0.4, 0.5) is 0 Å². The van der Waals surface area contributed by atoms with Crippen LogP contribution in [0.25, 0.3) is 10.1 Å². The van der Waals surface area contributed by atoms with Crippen molar-refractivity contribution in [3.05, 3.63) is 55.5 Å². The number of benzene rings is 1. The maximum absolute atomic E-state index is 5.77. The molecule has 2 nitrogen and oxygen atoms in total. The van der Waals surface area contributed by atoms with E-state index in [1.54, 1.807) is 22.7 Å². The Bertz CT molecular complexity index is 713. The fourth-order valence-electron chi connectivity index (χ4n) is 2.31. The van der Waals surface area contributed by atoms with E-state index in [1.165, 1.54) is 29.9 Å². The summed E-state index contributed by atoms with van der Waals surface area (Å²) in [4.78, 5) is 1.27. The van der Waals surface area contributed by atoms with Crippen molar-refractivity contribution in [1.29, 1.82) is 0 Å². The molecule has 2 aromatic heterocycles. The van der Waals surface area contributed by atoms with E-state index in [4.69, 9.17) is 5.84 Å². The molecule has 104 valence electrons. The molecular weight excluding hydrogens is 352 g/mol. The SMILES string of the molecule is Cc1cc(C(Cc2csc3ccccc23)NN)sc1Br. The zero-order valence-electron chi connectivity index (χ0n) is 11.0. The molecule has 3 aromatic rings. The average Bonchev–Trinajstić information content (AvgIpc) is 3.01. The maximum atomic E-state index is 5.77. The van der Waals surface area contributed by atoms with Crippen LogP contribution in [0, 0.1) is 6.92 Å². The van der Waals surface area contributed by atoms with Crippen molar-refractivity contribution in [3.8, 4) is 0 Å². The largest absolute Gasteiger partial charge is 0.271 e. The van der Waals surface area contributed by atoms with E-state index in [-0.39, 0.29) is 6.04 Å². The summed E-state index contributed by atoms with van der Waals surface area (Å²) < 4.78 is 2.52. The highest BCUT2D eigenvalue weighted by atomic mass is 79.9. The molecule has 0 aliphatic heterocycles. The zero-order valence-corrected chi connectivity index (χ0v) is 14.2. The van der Waals surface area contributed by atoms with Gasteiger partial charge in [-0.25, -0.2) is 0 Å². The Balaban J connectivity index is 1.91. The van der Waals surface area contributed by atoms with Crippen molar-refractivity contribution in [1.82, 2.24) is 5.43 Å². The molecular formula is C15H15BrN2S2. The van der Waals surface area contributed by atoms with E-state index in [0.717, 1.165) is 6.42 Å². The van der Waals surface area contributed by atoms with Crippen molar-refractivity contribution < 1.29 is 0 Å². The molecule has 0 radical (unpaired) electrons. The van der Waals surface area contributed by atoms with Gasteiger partial charge in [0.1, 0.15) is 0 Å². The summed E-state index contributed by atoms with van der Waals surface area (Å²) in [5.41, 5.74) is 5.58. The minimum absolute atomic E-state index is 0.156. The van der Waals surface area contributed by atoms with Gasteiger partial charge in [0.15, 0.2) is 0 Å². The van der Waals surface area contributed by atoms with Gasteiger partial charge in [0, 0.05) is 9.58 Å². The van der Waals surface area contributed by atoms with Crippen LogP contribution >= 0.6 is 38.6 Å². The molecule has 2 heterocycles. The summed E-state index contributed by atoms with van der Waals surface area (Å²) in [5.74, 6) is 5.77. The maximum Gasteiger partial charge on any atom is 0.0731 e. The molecule has 3 rings (SSSR count). The number of fused-ring (bicyclic) bond motifs is 1. The van der Waals surface area contributed by atoms with Gasteiger partial charge in [-0.15, -0.1) is 22.7 Å². The van der Waals surface area contributed by atoms with Gasteiger partial charge in [-0.1, -0.05) is 18.2 Å². The third-order valence-electron chi connectivity index (χ3n) is 3.41. The molecule has 5 heteroatoms. The lowest BCUT2D eigenvalue weighted by atomic mass is 10.0. The van der Waals surface area contributed by atoms with Crippen molar-refractivity contribution in [3.63, 3.8) is 0 Å². The van der Waals surface area contributed by atoms with Crippen LogP contribution in [-0.4, -0.2) is 0 Å². The smallest absolute Gasteiger partial charge is 0.0731 e. The minimum atomic E-state index is 0.156. The summed E-state index contributed by atoms with van der Waals surface area (Å²) in [6, 6.07) is 10.9. The third-order valence-corrected chi connectivity index (χ3v) is 6.67. The van der Waals surface area contributed by atoms with E-state index in [1.807, 2.05) is 0 Å². The fraction of sp³-hybridized carbons (Fsp3) is 0.200. The van der Waals surface area contributed by atoms with Crippen LogP contribution in [0.2, 0.25) is 0 Å². The number of hydrogen-bond acceptors (Lipinski definition) is 4. The summed E-state index contributed by atoms with van der Waals surface area (Å²) in [6.45, 7) is 2.11. The average molecular weight is 367 g/mol. The summed E-state index contributed by atoms with van der Waals surface area (Å²) in [5, 5.41) is 3.58. The minimum Gasteiger partial charge on any atom is -0.271 e. The summed E-state index contributed by atoms with van der Waals surface area (Å²) >= 11 is 7.13. The first-order chi connectivity index (χ1) is 9.69. The predicted octanol–water partition coefficient (Wildman–Crippen LogP) is 4.78. The van der Waals surface area contributed by atoms with Crippen molar-refractivity contribution in [2.45, 2.75) is 19.4 Å². The van der Waals surface area contributed by atoms with Gasteiger partial charge in [-0.2, -0.15) is 0 Å². The molecule has 0 aliphatic carbocycles. The zero-order chi connectivity index (χ0) is 14.1. The van der Waals surface area contributed by atoms with Crippen molar-refractivity contribution in [2.24, 2.45) is 5.84 Å². The lowest BCUT2D eigenvalue weighted by molar-refractivity contribution is 0.562. The number of halogens is 1. The fourth-order valence-corrected chi connectivity index (χ4v) is 4.91. The Morgan fingerprint density at radius 2 is 2.15 bits per heavy atom. The molecule has 0 bridgehead atoms. The molecule has 0 saturated heterocycles. The molecule has 1 aromatic carbocycles. The molecule has 3 N–H and O–H groups in total. The Morgan fingerprint density at radius 1 is 1.35 bits per heavy atom. The Morgan fingerprint density at radius 3 is 2.85 bits per heavy atom. The molecule has 0 amide bonds. The molecule has 0 spiro atoms. The molecule has 20 heavy (non-hydrogen) atoms. The number of nitrogens with one attached hydrogen (secondary N) is 1. The first-order valence-electron chi connectivity index (χ1n) is 6.36. The highest BCUT2D eigenvalue weighted by Gasteiger charge is 2.16. The Kier molecular flexibility index (Phi) is 4.23. The predicted molar refractivity (Wildman–Crippen MR) is 92.3 cm³/mol. The lowest BCUT2D eigenvalue weighted by Crippen LogP contribution is -2.28. The van der Waals surface area contributed by atoms with Gasteiger partial charge in [0.05, 0.1) is 9.83 Å². The number of rotatable bonds is 4. The standard InChI is InChI=1S/C15H15BrN2S2/c1-9-6-14(20-15(9)16)12(18-17)7-10-8-19-13-5-3-2-4-11(10)13/h2-6,8,12,18H,7,17H2,1H3. The number of nitrogens with two attached hydrogens (primary N) is 1. The molecule has 1 unspecified atom stereocenters. The van der Waals surface area contributed by atoms with Gasteiger partial charge < -0.3 is 0 Å².